The third kappa shape index (κ3) is 3.69. The maximum atomic E-state index is 12.0. The van der Waals surface area contributed by atoms with E-state index in [2.05, 4.69) is 16.0 Å². The fraction of sp³-hybridized carbons (Fsp3) is 0.600. The van der Waals surface area contributed by atoms with Crippen molar-refractivity contribution in [1.29, 1.82) is 0 Å². The van der Waals surface area contributed by atoms with Crippen molar-refractivity contribution in [1.82, 2.24) is 4.98 Å². The minimum Gasteiger partial charge on any atom is -0.460 e. The first-order chi connectivity index (χ1) is 8.85. The Hall–Kier alpha value is -1.58. The van der Waals surface area contributed by atoms with Gasteiger partial charge in [0, 0.05) is 19.3 Å². The summed E-state index contributed by atoms with van der Waals surface area (Å²) in [4.78, 5) is 18.6. The van der Waals surface area contributed by atoms with Gasteiger partial charge in [0.05, 0.1) is 5.92 Å². The molecule has 104 valence electrons. The molecule has 1 aliphatic rings. The number of esters is 1. The van der Waals surface area contributed by atoms with E-state index in [9.17, 15) is 4.79 Å². The zero-order valence-electron chi connectivity index (χ0n) is 12.1. The lowest BCUT2D eigenvalue weighted by Gasteiger charge is -2.22. The van der Waals surface area contributed by atoms with Crippen molar-refractivity contribution in [2.45, 2.75) is 39.7 Å². The highest BCUT2D eigenvalue weighted by Crippen LogP contribution is 2.24. The van der Waals surface area contributed by atoms with E-state index in [4.69, 9.17) is 4.74 Å². The van der Waals surface area contributed by atoms with E-state index in [1.54, 1.807) is 0 Å². The van der Waals surface area contributed by atoms with Crippen molar-refractivity contribution in [3.8, 4) is 0 Å². The van der Waals surface area contributed by atoms with Gasteiger partial charge in [0.15, 0.2) is 0 Å². The second kappa shape index (κ2) is 5.19. The molecule has 0 amide bonds. The van der Waals surface area contributed by atoms with Crippen LogP contribution in [0, 0.1) is 12.8 Å². The molecule has 1 fully saturated rings. The highest BCUT2D eigenvalue weighted by atomic mass is 16.6. The van der Waals surface area contributed by atoms with Crippen molar-refractivity contribution >= 4 is 11.8 Å². The Morgan fingerprint density at radius 1 is 1.47 bits per heavy atom. The molecule has 1 aromatic rings. The van der Waals surface area contributed by atoms with E-state index in [0.29, 0.717) is 6.54 Å². The highest BCUT2D eigenvalue weighted by Gasteiger charge is 2.32. The van der Waals surface area contributed by atoms with Crippen LogP contribution in [0.4, 0.5) is 5.82 Å². The number of hydrogen-bond donors (Lipinski definition) is 0. The van der Waals surface area contributed by atoms with Crippen LogP contribution < -0.4 is 4.90 Å². The number of aryl methyl sites for hydroxylation is 1. The van der Waals surface area contributed by atoms with E-state index in [1.807, 2.05) is 40.0 Å². The van der Waals surface area contributed by atoms with Crippen LogP contribution in [-0.2, 0) is 9.53 Å². The van der Waals surface area contributed by atoms with Gasteiger partial charge >= 0.3 is 5.97 Å². The minimum atomic E-state index is -0.411. The van der Waals surface area contributed by atoms with Crippen LogP contribution in [-0.4, -0.2) is 29.6 Å². The van der Waals surface area contributed by atoms with Gasteiger partial charge < -0.3 is 9.64 Å². The van der Waals surface area contributed by atoms with Crippen LogP contribution in [0.2, 0.25) is 0 Å². The fourth-order valence-electron chi connectivity index (χ4n) is 2.24. The standard InChI is InChI=1S/C15H22N2O2/c1-11-5-7-16-13(9-11)17-8-6-12(10-17)14(18)19-15(2,3)4/h5,7,9,12H,6,8,10H2,1-4H3. The average molecular weight is 262 g/mol. The summed E-state index contributed by atoms with van der Waals surface area (Å²) in [5.74, 6) is 0.815. The highest BCUT2D eigenvalue weighted by molar-refractivity contribution is 5.74. The lowest BCUT2D eigenvalue weighted by Crippen LogP contribution is -2.30. The van der Waals surface area contributed by atoms with Gasteiger partial charge in [0.25, 0.3) is 0 Å². The van der Waals surface area contributed by atoms with Crippen LogP contribution in [0.1, 0.15) is 32.8 Å². The van der Waals surface area contributed by atoms with Gasteiger partial charge in [0.2, 0.25) is 0 Å². The largest absolute Gasteiger partial charge is 0.460 e. The van der Waals surface area contributed by atoms with Crippen molar-refractivity contribution in [3.05, 3.63) is 23.9 Å². The summed E-state index contributed by atoms with van der Waals surface area (Å²) >= 11 is 0. The summed E-state index contributed by atoms with van der Waals surface area (Å²) in [6.07, 6.45) is 2.65. The van der Waals surface area contributed by atoms with Crippen molar-refractivity contribution in [2.24, 2.45) is 5.92 Å². The summed E-state index contributed by atoms with van der Waals surface area (Å²) in [6, 6.07) is 4.03. The van der Waals surface area contributed by atoms with Crippen LogP contribution in [0.5, 0.6) is 0 Å². The lowest BCUT2D eigenvalue weighted by atomic mass is 10.1. The molecule has 2 heterocycles. The van der Waals surface area contributed by atoms with Gasteiger partial charge in [-0.25, -0.2) is 4.98 Å². The molecule has 1 aliphatic heterocycles. The molecule has 0 radical (unpaired) electrons. The predicted octanol–water partition coefficient (Wildman–Crippen LogP) is 2.56. The van der Waals surface area contributed by atoms with Gasteiger partial charge in [-0.2, -0.15) is 0 Å². The summed E-state index contributed by atoms with van der Waals surface area (Å²) in [6.45, 7) is 9.32. The summed E-state index contributed by atoms with van der Waals surface area (Å²) in [5, 5.41) is 0. The number of rotatable bonds is 2. The van der Waals surface area contributed by atoms with E-state index in [0.717, 1.165) is 18.8 Å². The van der Waals surface area contributed by atoms with E-state index in [-0.39, 0.29) is 11.9 Å². The molecule has 1 aromatic heterocycles. The Morgan fingerprint density at radius 2 is 2.21 bits per heavy atom. The maximum absolute atomic E-state index is 12.0. The molecule has 4 nitrogen and oxygen atoms in total. The number of nitrogens with zero attached hydrogens (tertiary/aromatic N) is 2. The van der Waals surface area contributed by atoms with E-state index in [1.165, 1.54) is 5.56 Å². The summed E-state index contributed by atoms with van der Waals surface area (Å²) < 4.78 is 5.44. The van der Waals surface area contributed by atoms with E-state index < -0.39 is 5.60 Å². The molecule has 4 heteroatoms. The number of hydrogen-bond acceptors (Lipinski definition) is 4. The first-order valence-corrected chi connectivity index (χ1v) is 6.75. The Balaban J connectivity index is 1.98. The smallest absolute Gasteiger partial charge is 0.311 e. The molecule has 1 unspecified atom stereocenters. The zero-order chi connectivity index (χ0) is 14.0. The van der Waals surface area contributed by atoms with Crippen molar-refractivity contribution in [2.75, 3.05) is 18.0 Å². The molecular weight excluding hydrogens is 240 g/mol. The summed E-state index contributed by atoms with van der Waals surface area (Å²) in [7, 11) is 0. The van der Waals surface area contributed by atoms with Crippen LogP contribution in [0.15, 0.2) is 18.3 Å². The molecule has 1 saturated heterocycles. The molecule has 0 bridgehead atoms. The first kappa shape index (κ1) is 13.8. The number of ether oxygens (including phenoxy) is 1. The molecule has 0 saturated carbocycles. The maximum Gasteiger partial charge on any atom is 0.311 e. The molecule has 1 atom stereocenters. The molecule has 0 N–H and O–H groups in total. The first-order valence-electron chi connectivity index (χ1n) is 6.75. The monoisotopic (exact) mass is 262 g/mol. The molecule has 0 aromatic carbocycles. The molecule has 2 rings (SSSR count). The quantitative estimate of drug-likeness (QED) is 0.768. The average Bonchev–Trinajstić information content (AvgIpc) is 2.75. The molecular formula is C15H22N2O2. The zero-order valence-corrected chi connectivity index (χ0v) is 12.1. The van der Waals surface area contributed by atoms with Crippen molar-refractivity contribution in [3.63, 3.8) is 0 Å². The second-order valence-corrected chi connectivity index (χ2v) is 6.16. The SMILES string of the molecule is Cc1ccnc(N2CCC(C(=O)OC(C)(C)C)C2)c1. The summed E-state index contributed by atoms with van der Waals surface area (Å²) in [5.41, 5.74) is 0.775. The van der Waals surface area contributed by atoms with Gasteiger partial charge in [0.1, 0.15) is 11.4 Å². The third-order valence-electron chi connectivity index (χ3n) is 3.15. The Labute approximate surface area is 114 Å². The van der Waals surface area contributed by atoms with Gasteiger partial charge in [-0.3, -0.25) is 4.79 Å². The lowest BCUT2D eigenvalue weighted by molar-refractivity contribution is -0.159. The van der Waals surface area contributed by atoms with Crippen molar-refractivity contribution < 1.29 is 9.53 Å². The van der Waals surface area contributed by atoms with Gasteiger partial charge in [-0.05, 0) is 51.8 Å². The Kier molecular flexibility index (Phi) is 3.78. The number of pyridine rings is 1. The van der Waals surface area contributed by atoms with Crippen LogP contribution >= 0.6 is 0 Å². The Bertz CT molecular complexity index is 465. The molecule has 0 spiro atoms. The number of anilines is 1. The number of carbonyl (C=O) groups excluding carboxylic acids is 1. The predicted molar refractivity (Wildman–Crippen MR) is 75.1 cm³/mol. The minimum absolute atomic E-state index is 0.0402. The molecule has 0 aliphatic carbocycles. The topological polar surface area (TPSA) is 42.4 Å². The van der Waals surface area contributed by atoms with Gasteiger partial charge in [-0.15, -0.1) is 0 Å². The third-order valence-corrected chi connectivity index (χ3v) is 3.15. The van der Waals surface area contributed by atoms with E-state index >= 15 is 0 Å². The molecule has 19 heavy (non-hydrogen) atoms. The fourth-order valence-corrected chi connectivity index (χ4v) is 2.24. The normalized spacial score (nSPS) is 19.6. The van der Waals surface area contributed by atoms with Crippen LogP contribution in [0.3, 0.4) is 0 Å². The number of aromatic nitrogens is 1. The van der Waals surface area contributed by atoms with Crippen LogP contribution in [0.25, 0.3) is 0 Å². The Morgan fingerprint density at radius 3 is 2.84 bits per heavy atom. The van der Waals surface area contributed by atoms with Gasteiger partial charge in [-0.1, -0.05) is 0 Å². The number of carbonyl (C=O) groups is 1. The second-order valence-electron chi connectivity index (χ2n) is 6.16.